The molecule has 124 valence electrons. The molecule has 0 bridgehead atoms. The molecule has 1 aromatic carbocycles. The predicted molar refractivity (Wildman–Crippen MR) is 86.7 cm³/mol. The monoisotopic (exact) mass is 327 g/mol. The maximum atomic E-state index is 14.0. The average molecular weight is 327 g/mol. The Kier molecular flexibility index (Phi) is 4.29. The van der Waals surface area contributed by atoms with Gasteiger partial charge in [-0.1, -0.05) is 12.1 Å². The van der Waals surface area contributed by atoms with Crippen molar-refractivity contribution in [1.82, 2.24) is 9.88 Å². The van der Waals surface area contributed by atoms with Crippen LogP contribution >= 0.6 is 0 Å². The van der Waals surface area contributed by atoms with Crippen molar-refractivity contribution in [3.8, 4) is 0 Å². The molecule has 1 aliphatic rings. The summed E-state index contributed by atoms with van der Waals surface area (Å²) in [6.07, 6.45) is 2.70. The van der Waals surface area contributed by atoms with Crippen LogP contribution in [0.3, 0.4) is 0 Å². The van der Waals surface area contributed by atoms with Crippen LogP contribution in [-0.2, 0) is 11.2 Å². The van der Waals surface area contributed by atoms with E-state index >= 15 is 0 Å². The van der Waals surface area contributed by atoms with E-state index in [2.05, 4.69) is 4.98 Å². The highest BCUT2D eigenvalue weighted by Gasteiger charge is 2.34. The maximum Gasteiger partial charge on any atom is 0.256 e. The number of nitrogens with two attached hydrogens (primary N) is 1. The summed E-state index contributed by atoms with van der Waals surface area (Å²) in [6.45, 7) is 1.52. The molecule has 1 unspecified atom stereocenters. The molecule has 1 atom stereocenters. The third-order valence-electron chi connectivity index (χ3n) is 4.38. The zero-order chi connectivity index (χ0) is 17.3. The van der Waals surface area contributed by atoms with Crippen molar-refractivity contribution in [2.24, 2.45) is 5.73 Å². The number of fused-ring (bicyclic) bond motifs is 1. The number of amides is 2. The molecule has 0 saturated heterocycles. The molecule has 0 saturated carbocycles. The summed E-state index contributed by atoms with van der Waals surface area (Å²) in [5.74, 6) is -1.20. The van der Waals surface area contributed by atoms with E-state index in [4.69, 9.17) is 5.73 Å². The van der Waals surface area contributed by atoms with Gasteiger partial charge in [0.2, 0.25) is 5.91 Å². The molecule has 6 heteroatoms. The first kappa shape index (κ1) is 16.1. The molecule has 5 nitrogen and oxygen atoms in total. The van der Waals surface area contributed by atoms with Crippen molar-refractivity contribution in [1.29, 1.82) is 0 Å². The lowest BCUT2D eigenvalue weighted by Gasteiger charge is -2.29. The van der Waals surface area contributed by atoms with Crippen molar-refractivity contribution >= 4 is 11.8 Å². The van der Waals surface area contributed by atoms with Gasteiger partial charge >= 0.3 is 0 Å². The first-order valence-electron chi connectivity index (χ1n) is 7.77. The zero-order valence-electron chi connectivity index (χ0n) is 13.3. The number of hydrogen-bond donors (Lipinski definition) is 1. The molecule has 3 rings (SSSR count). The molecule has 2 aromatic rings. The molecule has 2 amide bonds. The van der Waals surface area contributed by atoms with Gasteiger partial charge in [-0.3, -0.25) is 14.6 Å². The van der Waals surface area contributed by atoms with Crippen LogP contribution in [0.5, 0.6) is 0 Å². The molecule has 0 fully saturated rings. The number of aromatic nitrogens is 1. The lowest BCUT2D eigenvalue weighted by atomic mass is 10.0. The molecule has 1 heterocycles. The SMILES string of the molecule is Cc1ncccc1C(=O)N(CC(N)=O)C1CCc2c(F)cccc21. The van der Waals surface area contributed by atoms with Crippen molar-refractivity contribution in [2.45, 2.75) is 25.8 Å². The van der Waals surface area contributed by atoms with E-state index in [9.17, 15) is 14.0 Å². The molecule has 24 heavy (non-hydrogen) atoms. The summed E-state index contributed by atoms with van der Waals surface area (Å²) in [6, 6.07) is 7.80. The highest BCUT2D eigenvalue weighted by molar-refractivity contribution is 5.97. The van der Waals surface area contributed by atoms with Crippen LogP contribution in [0.1, 0.15) is 39.6 Å². The Hall–Kier alpha value is -2.76. The van der Waals surface area contributed by atoms with Gasteiger partial charge in [0.25, 0.3) is 5.91 Å². The van der Waals surface area contributed by atoms with Gasteiger partial charge in [-0.25, -0.2) is 4.39 Å². The molecular weight excluding hydrogens is 309 g/mol. The standard InChI is InChI=1S/C18H18FN3O2/c1-11-12(5-3-9-21-11)18(24)22(10-17(20)23)16-8-7-13-14(16)4-2-6-15(13)19/h2-6,9,16H,7-8,10H2,1H3,(H2,20,23). The van der Waals surface area contributed by atoms with Gasteiger partial charge in [0, 0.05) is 11.9 Å². The van der Waals surface area contributed by atoms with E-state index in [-0.39, 0.29) is 24.3 Å². The average Bonchev–Trinajstić information content (AvgIpc) is 2.97. The maximum absolute atomic E-state index is 14.0. The fourth-order valence-corrected chi connectivity index (χ4v) is 3.27. The number of primary amides is 1. The minimum Gasteiger partial charge on any atom is -0.368 e. The van der Waals surface area contributed by atoms with Crippen LogP contribution in [0.4, 0.5) is 4.39 Å². The Morgan fingerprint density at radius 1 is 1.33 bits per heavy atom. The Bertz CT molecular complexity index is 807. The third-order valence-corrected chi connectivity index (χ3v) is 4.38. The number of carbonyl (C=O) groups is 2. The zero-order valence-corrected chi connectivity index (χ0v) is 13.3. The largest absolute Gasteiger partial charge is 0.368 e. The molecule has 1 aliphatic carbocycles. The minimum absolute atomic E-state index is 0.214. The Morgan fingerprint density at radius 2 is 2.12 bits per heavy atom. The van der Waals surface area contributed by atoms with E-state index in [1.807, 2.05) is 0 Å². The van der Waals surface area contributed by atoms with Crippen LogP contribution in [0.15, 0.2) is 36.5 Å². The summed E-state index contributed by atoms with van der Waals surface area (Å²) in [7, 11) is 0. The first-order valence-corrected chi connectivity index (χ1v) is 7.77. The number of hydrogen-bond acceptors (Lipinski definition) is 3. The number of pyridine rings is 1. The van der Waals surface area contributed by atoms with Gasteiger partial charge in [-0.15, -0.1) is 0 Å². The molecular formula is C18H18FN3O2. The number of rotatable bonds is 4. The quantitative estimate of drug-likeness (QED) is 0.935. The second-order valence-electron chi connectivity index (χ2n) is 5.90. The second kappa shape index (κ2) is 6.39. The van der Waals surface area contributed by atoms with Gasteiger partial charge in [0.1, 0.15) is 12.4 Å². The molecule has 2 N–H and O–H groups in total. The lowest BCUT2D eigenvalue weighted by Crippen LogP contribution is -2.40. The number of nitrogens with zero attached hydrogens (tertiary/aromatic N) is 2. The van der Waals surface area contributed by atoms with Crippen molar-refractivity contribution in [2.75, 3.05) is 6.54 Å². The van der Waals surface area contributed by atoms with Gasteiger partial charge in [0.15, 0.2) is 0 Å². The van der Waals surface area contributed by atoms with E-state index in [0.29, 0.717) is 29.7 Å². The van der Waals surface area contributed by atoms with Crippen molar-refractivity contribution in [3.05, 3.63) is 64.7 Å². The van der Waals surface area contributed by atoms with Crippen LogP contribution in [0.2, 0.25) is 0 Å². The van der Waals surface area contributed by atoms with E-state index in [0.717, 1.165) is 5.56 Å². The predicted octanol–water partition coefficient (Wildman–Crippen LogP) is 2.14. The topological polar surface area (TPSA) is 76.3 Å². The summed E-state index contributed by atoms with van der Waals surface area (Å²) in [5.41, 5.74) is 7.69. The number of benzene rings is 1. The van der Waals surface area contributed by atoms with E-state index in [1.54, 1.807) is 37.4 Å². The van der Waals surface area contributed by atoms with Crippen LogP contribution in [0.25, 0.3) is 0 Å². The Labute approximate surface area is 139 Å². The molecule has 0 aliphatic heterocycles. The minimum atomic E-state index is -0.602. The van der Waals surface area contributed by atoms with Crippen LogP contribution in [0, 0.1) is 12.7 Å². The fraction of sp³-hybridized carbons (Fsp3) is 0.278. The van der Waals surface area contributed by atoms with Gasteiger partial charge in [-0.2, -0.15) is 0 Å². The summed E-state index contributed by atoms with van der Waals surface area (Å²) in [4.78, 5) is 30.0. The Morgan fingerprint density at radius 3 is 2.83 bits per heavy atom. The molecule has 0 radical (unpaired) electrons. The van der Waals surface area contributed by atoms with E-state index in [1.165, 1.54) is 11.0 Å². The molecule has 1 aromatic heterocycles. The first-order chi connectivity index (χ1) is 11.5. The normalized spacial score (nSPS) is 15.8. The Balaban J connectivity index is 2.00. The van der Waals surface area contributed by atoms with E-state index < -0.39 is 5.91 Å². The number of carbonyl (C=O) groups excluding carboxylic acids is 2. The van der Waals surface area contributed by atoms with Crippen LogP contribution in [-0.4, -0.2) is 28.2 Å². The second-order valence-corrected chi connectivity index (χ2v) is 5.90. The van der Waals surface area contributed by atoms with Crippen molar-refractivity contribution in [3.63, 3.8) is 0 Å². The summed E-state index contributed by atoms with van der Waals surface area (Å²) in [5, 5.41) is 0. The van der Waals surface area contributed by atoms with Crippen LogP contribution < -0.4 is 5.73 Å². The smallest absolute Gasteiger partial charge is 0.256 e. The highest BCUT2D eigenvalue weighted by atomic mass is 19.1. The summed E-state index contributed by atoms with van der Waals surface area (Å²) < 4.78 is 14.0. The van der Waals surface area contributed by atoms with Gasteiger partial charge in [0.05, 0.1) is 11.6 Å². The van der Waals surface area contributed by atoms with Gasteiger partial charge < -0.3 is 10.6 Å². The van der Waals surface area contributed by atoms with Crippen molar-refractivity contribution < 1.29 is 14.0 Å². The lowest BCUT2D eigenvalue weighted by molar-refractivity contribution is -0.119. The van der Waals surface area contributed by atoms with Gasteiger partial charge in [-0.05, 0) is 49.1 Å². The summed E-state index contributed by atoms with van der Waals surface area (Å²) >= 11 is 0. The number of halogens is 1. The molecule has 0 spiro atoms. The fourth-order valence-electron chi connectivity index (χ4n) is 3.27. The highest BCUT2D eigenvalue weighted by Crippen LogP contribution is 2.37. The third kappa shape index (κ3) is 2.87. The number of aryl methyl sites for hydroxylation is 1.